The summed E-state index contributed by atoms with van der Waals surface area (Å²) in [5.74, 6) is 0.428. The number of nitrogens with zero attached hydrogens (tertiary/aromatic N) is 3. The van der Waals surface area contributed by atoms with Gasteiger partial charge in [0.1, 0.15) is 17.4 Å². The van der Waals surface area contributed by atoms with Crippen LogP contribution in [0.1, 0.15) is 18.4 Å². The van der Waals surface area contributed by atoms with Gasteiger partial charge in [-0.2, -0.15) is 4.98 Å². The zero-order valence-corrected chi connectivity index (χ0v) is 19.3. The van der Waals surface area contributed by atoms with E-state index in [1.54, 1.807) is 30.3 Å². The van der Waals surface area contributed by atoms with E-state index in [1.165, 1.54) is 12.3 Å². The van der Waals surface area contributed by atoms with Crippen molar-refractivity contribution in [2.24, 2.45) is 0 Å². The number of hydrogen-bond donors (Lipinski definition) is 0. The van der Waals surface area contributed by atoms with Crippen molar-refractivity contribution in [2.75, 3.05) is 18.0 Å². The fraction of sp³-hybridized carbons (Fsp3) is 0.250. The van der Waals surface area contributed by atoms with Crippen LogP contribution >= 0.6 is 11.6 Å². The molecule has 0 atom stereocenters. The number of oxazole rings is 1. The molecule has 5 rings (SSSR count). The Kier molecular flexibility index (Phi) is 5.95. The number of ether oxygens (including phenoxy) is 1. The second kappa shape index (κ2) is 9.03. The molecular formula is C24H22ClN3O4S. The minimum absolute atomic E-state index is 0.0289. The summed E-state index contributed by atoms with van der Waals surface area (Å²) < 4.78 is 37.7. The first kappa shape index (κ1) is 21.7. The second-order valence-corrected chi connectivity index (χ2v) is 10.3. The first-order valence-electron chi connectivity index (χ1n) is 10.7. The van der Waals surface area contributed by atoms with E-state index in [0.29, 0.717) is 27.9 Å². The lowest BCUT2D eigenvalue weighted by Gasteiger charge is -2.31. The number of anilines is 1. The third kappa shape index (κ3) is 4.82. The number of pyridine rings is 1. The van der Waals surface area contributed by atoms with E-state index < -0.39 is 9.84 Å². The van der Waals surface area contributed by atoms with Crippen LogP contribution in [-0.2, 0) is 15.6 Å². The van der Waals surface area contributed by atoms with E-state index in [0.717, 1.165) is 31.4 Å². The molecule has 0 aliphatic carbocycles. The van der Waals surface area contributed by atoms with Gasteiger partial charge >= 0.3 is 0 Å². The second-order valence-electron chi connectivity index (χ2n) is 7.95. The highest BCUT2D eigenvalue weighted by Crippen LogP contribution is 2.29. The number of piperidine rings is 1. The lowest BCUT2D eigenvalue weighted by Crippen LogP contribution is -2.38. The minimum Gasteiger partial charge on any atom is -0.490 e. The van der Waals surface area contributed by atoms with Gasteiger partial charge in [-0.1, -0.05) is 35.9 Å². The van der Waals surface area contributed by atoms with Gasteiger partial charge in [0, 0.05) is 48.8 Å². The van der Waals surface area contributed by atoms with E-state index in [1.807, 2.05) is 24.3 Å². The third-order valence-electron chi connectivity index (χ3n) is 5.62. The van der Waals surface area contributed by atoms with Gasteiger partial charge in [0.2, 0.25) is 0 Å². The molecule has 170 valence electrons. The highest BCUT2D eigenvalue weighted by Gasteiger charge is 2.25. The molecule has 33 heavy (non-hydrogen) atoms. The van der Waals surface area contributed by atoms with Gasteiger partial charge in [-0.15, -0.1) is 0 Å². The molecule has 0 radical (unpaired) electrons. The Morgan fingerprint density at radius 1 is 1.06 bits per heavy atom. The highest BCUT2D eigenvalue weighted by atomic mass is 35.5. The summed E-state index contributed by atoms with van der Waals surface area (Å²) in [6.07, 6.45) is 2.98. The molecule has 0 bridgehead atoms. The predicted octanol–water partition coefficient (Wildman–Crippen LogP) is 4.90. The van der Waals surface area contributed by atoms with Crippen molar-refractivity contribution >= 4 is 38.6 Å². The van der Waals surface area contributed by atoms with Gasteiger partial charge in [0.05, 0.1) is 5.75 Å². The third-order valence-corrected chi connectivity index (χ3v) is 7.42. The molecule has 1 aliphatic rings. The van der Waals surface area contributed by atoms with Crippen LogP contribution in [0, 0.1) is 0 Å². The molecule has 3 heterocycles. The van der Waals surface area contributed by atoms with Gasteiger partial charge in [-0.05, 0) is 30.3 Å². The largest absolute Gasteiger partial charge is 0.490 e. The van der Waals surface area contributed by atoms with Crippen LogP contribution in [0.4, 0.5) is 6.01 Å². The van der Waals surface area contributed by atoms with Crippen LogP contribution in [0.3, 0.4) is 0 Å². The minimum atomic E-state index is -3.57. The maximum absolute atomic E-state index is 12.8. The Balaban J connectivity index is 1.25. The molecule has 1 fully saturated rings. The summed E-state index contributed by atoms with van der Waals surface area (Å²) in [6, 6.07) is 18.1. The molecule has 1 aliphatic heterocycles. The Hall–Kier alpha value is -3.10. The molecule has 9 heteroatoms. The smallest absolute Gasteiger partial charge is 0.298 e. The van der Waals surface area contributed by atoms with Gasteiger partial charge in [-0.25, -0.2) is 13.4 Å². The molecule has 0 amide bonds. The molecule has 0 unspecified atom stereocenters. The predicted molar refractivity (Wildman–Crippen MR) is 126 cm³/mol. The van der Waals surface area contributed by atoms with Crippen LogP contribution < -0.4 is 9.64 Å². The number of rotatable bonds is 6. The average molecular weight is 484 g/mol. The molecule has 0 spiro atoms. The summed E-state index contributed by atoms with van der Waals surface area (Å²) in [5.41, 5.74) is 2.07. The lowest BCUT2D eigenvalue weighted by molar-refractivity contribution is 0.168. The summed E-state index contributed by atoms with van der Waals surface area (Å²) >= 11 is 6.04. The maximum atomic E-state index is 12.8. The van der Waals surface area contributed by atoms with Crippen LogP contribution in [0.2, 0.25) is 5.02 Å². The van der Waals surface area contributed by atoms with Crippen molar-refractivity contribution in [3.8, 4) is 5.75 Å². The highest BCUT2D eigenvalue weighted by molar-refractivity contribution is 7.90. The van der Waals surface area contributed by atoms with Crippen molar-refractivity contribution in [1.29, 1.82) is 0 Å². The normalized spacial score (nSPS) is 15.1. The maximum Gasteiger partial charge on any atom is 0.298 e. The quantitative estimate of drug-likeness (QED) is 0.385. The van der Waals surface area contributed by atoms with E-state index >= 15 is 0 Å². The number of benzene rings is 2. The Labute approximate surface area is 196 Å². The van der Waals surface area contributed by atoms with Gasteiger partial charge < -0.3 is 14.1 Å². The summed E-state index contributed by atoms with van der Waals surface area (Å²) in [4.78, 5) is 10.6. The summed E-state index contributed by atoms with van der Waals surface area (Å²) in [7, 11) is -3.57. The SMILES string of the molecule is O=S(=O)(Cc1ccccc1OC1CCN(c2nc3ccc(Cl)cc3o2)CC1)c1ccccn1. The molecule has 0 saturated carbocycles. The standard InChI is InChI=1S/C24H22ClN3O4S/c25-18-8-9-20-22(15-18)32-24(27-20)28-13-10-19(11-14-28)31-21-6-2-1-5-17(21)16-33(29,30)23-7-3-4-12-26-23/h1-9,12,15,19H,10-11,13-14,16H2. The molecule has 7 nitrogen and oxygen atoms in total. The van der Waals surface area contributed by atoms with Crippen molar-refractivity contribution in [3.05, 3.63) is 77.4 Å². The van der Waals surface area contributed by atoms with Crippen molar-refractivity contribution < 1.29 is 17.6 Å². The molecular weight excluding hydrogens is 462 g/mol. The average Bonchev–Trinajstić information content (AvgIpc) is 3.24. The summed E-state index contributed by atoms with van der Waals surface area (Å²) in [5, 5.41) is 0.675. The number of aromatic nitrogens is 2. The van der Waals surface area contributed by atoms with E-state index in [4.69, 9.17) is 20.8 Å². The number of hydrogen-bond acceptors (Lipinski definition) is 7. The zero-order valence-electron chi connectivity index (χ0n) is 17.7. The lowest BCUT2D eigenvalue weighted by atomic mass is 10.1. The molecule has 1 saturated heterocycles. The molecule has 4 aromatic rings. The zero-order chi connectivity index (χ0) is 22.8. The molecule has 2 aromatic carbocycles. The Morgan fingerprint density at radius 3 is 2.64 bits per heavy atom. The van der Waals surface area contributed by atoms with Crippen LogP contribution in [0.25, 0.3) is 11.1 Å². The summed E-state index contributed by atoms with van der Waals surface area (Å²) in [6.45, 7) is 1.44. The fourth-order valence-electron chi connectivity index (χ4n) is 3.91. The Morgan fingerprint density at radius 2 is 1.85 bits per heavy atom. The number of sulfone groups is 1. The number of fused-ring (bicyclic) bond motifs is 1. The molecule has 0 N–H and O–H groups in total. The van der Waals surface area contributed by atoms with E-state index in [9.17, 15) is 8.42 Å². The van der Waals surface area contributed by atoms with Crippen LogP contribution in [-0.4, -0.2) is 37.6 Å². The van der Waals surface area contributed by atoms with E-state index in [2.05, 4.69) is 14.9 Å². The fourth-order valence-corrected chi connectivity index (χ4v) is 5.38. The van der Waals surface area contributed by atoms with E-state index in [-0.39, 0.29) is 16.9 Å². The van der Waals surface area contributed by atoms with Crippen LogP contribution in [0.15, 0.2) is 76.3 Å². The topological polar surface area (TPSA) is 85.5 Å². The molecule has 2 aromatic heterocycles. The van der Waals surface area contributed by atoms with Gasteiger partial charge in [-0.3, -0.25) is 0 Å². The number of halogens is 1. The van der Waals surface area contributed by atoms with Crippen molar-refractivity contribution in [2.45, 2.75) is 29.7 Å². The van der Waals surface area contributed by atoms with Crippen LogP contribution in [0.5, 0.6) is 5.75 Å². The van der Waals surface area contributed by atoms with Crippen molar-refractivity contribution in [3.63, 3.8) is 0 Å². The number of para-hydroxylation sites is 1. The van der Waals surface area contributed by atoms with Gasteiger partial charge in [0.15, 0.2) is 20.4 Å². The first-order chi connectivity index (χ1) is 16.0. The van der Waals surface area contributed by atoms with Crippen molar-refractivity contribution in [1.82, 2.24) is 9.97 Å². The Bertz CT molecular complexity index is 1370. The van der Waals surface area contributed by atoms with Gasteiger partial charge in [0.25, 0.3) is 6.01 Å². The monoisotopic (exact) mass is 483 g/mol. The first-order valence-corrected chi connectivity index (χ1v) is 12.7.